The Hall–Kier alpha value is -2.41. The number of piperidine rings is 2. The molecule has 7 heteroatoms. The van der Waals surface area contributed by atoms with Crippen molar-refractivity contribution >= 4 is 22.7 Å². The van der Waals surface area contributed by atoms with Gasteiger partial charge in [0, 0.05) is 31.9 Å². The first kappa shape index (κ1) is 24.3. The van der Waals surface area contributed by atoms with Gasteiger partial charge < -0.3 is 9.64 Å². The Bertz CT molecular complexity index is 1030. The van der Waals surface area contributed by atoms with Gasteiger partial charge in [-0.3, -0.25) is 19.6 Å². The number of fused-ring (bicyclic) bond motifs is 1. The van der Waals surface area contributed by atoms with Crippen molar-refractivity contribution in [2.75, 3.05) is 19.6 Å². The fourth-order valence-electron chi connectivity index (χ4n) is 6.31. The lowest BCUT2D eigenvalue weighted by molar-refractivity contribution is -0.134. The number of nitrogens with one attached hydrogen (secondary N) is 1. The highest BCUT2D eigenvalue weighted by molar-refractivity contribution is 6.02. The zero-order valence-corrected chi connectivity index (χ0v) is 21.1. The normalized spacial score (nSPS) is 23.1. The maximum atomic E-state index is 12.4. The number of amides is 2. The van der Waals surface area contributed by atoms with Gasteiger partial charge in [0.15, 0.2) is 0 Å². The largest absolute Gasteiger partial charge is 0.488 e. The van der Waals surface area contributed by atoms with Crippen molar-refractivity contribution in [3.05, 3.63) is 23.9 Å². The molecule has 1 unspecified atom stereocenters. The number of rotatable bonds is 8. The second-order valence-electron chi connectivity index (χ2n) is 10.8. The molecule has 0 bridgehead atoms. The van der Waals surface area contributed by atoms with Crippen LogP contribution in [0.3, 0.4) is 0 Å². The molecule has 7 nitrogen and oxygen atoms in total. The van der Waals surface area contributed by atoms with Crippen molar-refractivity contribution in [2.45, 2.75) is 89.1 Å². The molecular weight excluding hydrogens is 440 g/mol. The summed E-state index contributed by atoms with van der Waals surface area (Å²) in [4.78, 5) is 26.6. The first-order chi connectivity index (χ1) is 17.1. The molecule has 190 valence electrons. The van der Waals surface area contributed by atoms with Crippen molar-refractivity contribution < 1.29 is 14.3 Å². The van der Waals surface area contributed by atoms with Crippen molar-refractivity contribution in [1.82, 2.24) is 20.0 Å². The van der Waals surface area contributed by atoms with Crippen LogP contribution in [0.4, 0.5) is 0 Å². The molecule has 1 aliphatic carbocycles. The lowest BCUT2D eigenvalue weighted by Gasteiger charge is -2.32. The molecule has 0 spiro atoms. The predicted molar refractivity (Wildman–Crippen MR) is 136 cm³/mol. The van der Waals surface area contributed by atoms with E-state index in [1.807, 2.05) is 29.9 Å². The second-order valence-corrected chi connectivity index (χ2v) is 10.8. The molecule has 3 fully saturated rings. The van der Waals surface area contributed by atoms with E-state index < -0.39 is 5.92 Å². The van der Waals surface area contributed by atoms with Gasteiger partial charge in [-0.1, -0.05) is 57.1 Å². The summed E-state index contributed by atoms with van der Waals surface area (Å²) in [6.07, 6.45) is 14.5. The van der Waals surface area contributed by atoms with E-state index in [0.29, 0.717) is 12.8 Å². The lowest BCUT2D eigenvalue weighted by Crippen LogP contribution is -2.39. The van der Waals surface area contributed by atoms with Crippen LogP contribution in [0.2, 0.25) is 0 Å². The van der Waals surface area contributed by atoms with E-state index in [0.717, 1.165) is 54.2 Å². The Balaban J connectivity index is 1.14. The lowest BCUT2D eigenvalue weighted by atomic mass is 9.86. The van der Waals surface area contributed by atoms with Gasteiger partial charge in [-0.15, -0.1) is 0 Å². The molecule has 3 aliphatic rings. The van der Waals surface area contributed by atoms with Crippen LogP contribution in [0.1, 0.15) is 88.7 Å². The molecule has 1 N–H and O–H groups in total. The number of hydrogen-bond donors (Lipinski definition) is 1. The van der Waals surface area contributed by atoms with Gasteiger partial charge in [-0.05, 0) is 44.2 Å². The van der Waals surface area contributed by atoms with Crippen LogP contribution in [0.5, 0.6) is 5.75 Å². The van der Waals surface area contributed by atoms with Crippen LogP contribution in [-0.4, -0.2) is 52.2 Å². The van der Waals surface area contributed by atoms with E-state index in [-0.39, 0.29) is 17.9 Å². The number of benzene rings is 1. The van der Waals surface area contributed by atoms with E-state index in [1.165, 1.54) is 57.9 Å². The van der Waals surface area contributed by atoms with Crippen LogP contribution in [0, 0.1) is 5.92 Å². The minimum Gasteiger partial charge on any atom is -0.488 e. The Kier molecular flexibility index (Phi) is 7.71. The molecule has 3 heterocycles. The molecule has 2 saturated heterocycles. The first-order valence-corrected chi connectivity index (χ1v) is 13.8. The molecule has 2 amide bonds. The third-order valence-electron chi connectivity index (χ3n) is 8.32. The SMILES string of the molecule is Cn1nc(C2CCC(=O)NC2=O)c2cccc(OC3CCN(CCCCC4CCCCC4)CC3)c21. The summed E-state index contributed by atoms with van der Waals surface area (Å²) >= 11 is 0. The Labute approximate surface area is 208 Å². The number of unbranched alkanes of at least 4 members (excludes halogenated alkanes) is 1. The minimum atomic E-state index is -0.395. The number of likely N-dealkylation sites (tertiary alicyclic amines) is 1. The first-order valence-electron chi connectivity index (χ1n) is 13.8. The average Bonchev–Trinajstić information content (AvgIpc) is 3.20. The van der Waals surface area contributed by atoms with E-state index in [9.17, 15) is 9.59 Å². The van der Waals surface area contributed by atoms with Gasteiger partial charge in [0.2, 0.25) is 11.8 Å². The number of nitrogens with zero attached hydrogens (tertiary/aromatic N) is 3. The van der Waals surface area contributed by atoms with Gasteiger partial charge in [-0.2, -0.15) is 5.10 Å². The number of para-hydroxylation sites is 1. The number of carbonyl (C=O) groups excluding carboxylic acids is 2. The summed E-state index contributed by atoms with van der Waals surface area (Å²) < 4.78 is 8.33. The highest BCUT2D eigenvalue weighted by atomic mass is 16.5. The Morgan fingerprint density at radius 1 is 1.03 bits per heavy atom. The van der Waals surface area contributed by atoms with Gasteiger partial charge in [0.1, 0.15) is 17.4 Å². The van der Waals surface area contributed by atoms with E-state index in [4.69, 9.17) is 4.74 Å². The molecule has 0 radical (unpaired) electrons. The van der Waals surface area contributed by atoms with Gasteiger partial charge >= 0.3 is 0 Å². The number of aryl methyl sites for hydroxylation is 1. The number of carbonyl (C=O) groups is 2. The molecule has 2 aliphatic heterocycles. The summed E-state index contributed by atoms with van der Waals surface area (Å²) in [6.45, 7) is 3.40. The molecule has 2 aromatic rings. The Morgan fingerprint density at radius 3 is 2.60 bits per heavy atom. The van der Waals surface area contributed by atoms with Crippen molar-refractivity contribution in [3.63, 3.8) is 0 Å². The third kappa shape index (κ3) is 5.71. The molecule has 1 aromatic carbocycles. The van der Waals surface area contributed by atoms with Crippen LogP contribution >= 0.6 is 0 Å². The molecule has 35 heavy (non-hydrogen) atoms. The second kappa shape index (κ2) is 11.1. The minimum absolute atomic E-state index is 0.202. The van der Waals surface area contributed by atoms with Crippen molar-refractivity contribution in [3.8, 4) is 5.75 Å². The summed E-state index contributed by atoms with van der Waals surface area (Å²) in [5.74, 6) is 0.979. The Morgan fingerprint density at radius 2 is 1.83 bits per heavy atom. The quantitative estimate of drug-likeness (QED) is 0.438. The van der Waals surface area contributed by atoms with E-state index >= 15 is 0 Å². The third-order valence-corrected chi connectivity index (χ3v) is 8.32. The average molecular weight is 481 g/mol. The molecule has 5 rings (SSSR count). The van der Waals surface area contributed by atoms with Crippen molar-refractivity contribution in [2.24, 2.45) is 13.0 Å². The predicted octanol–water partition coefficient (Wildman–Crippen LogP) is 4.69. The summed E-state index contributed by atoms with van der Waals surface area (Å²) in [5.41, 5.74) is 1.67. The van der Waals surface area contributed by atoms with Crippen LogP contribution in [-0.2, 0) is 16.6 Å². The molecule has 1 saturated carbocycles. The van der Waals surface area contributed by atoms with Crippen LogP contribution in [0.15, 0.2) is 18.2 Å². The van der Waals surface area contributed by atoms with Crippen molar-refractivity contribution in [1.29, 1.82) is 0 Å². The number of hydrogen-bond acceptors (Lipinski definition) is 5. The maximum absolute atomic E-state index is 12.4. The zero-order valence-electron chi connectivity index (χ0n) is 21.1. The zero-order chi connectivity index (χ0) is 24.2. The van der Waals surface area contributed by atoms with Gasteiger partial charge in [-0.25, -0.2) is 0 Å². The van der Waals surface area contributed by atoms with Crippen LogP contribution in [0.25, 0.3) is 10.9 Å². The summed E-state index contributed by atoms with van der Waals surface area (Å²) in [5, 5.41) is 8.08. The van der Waals surface area contributed by atoms with Gasteiger partial charge in [0.05, 0.1) is 11.6 Å². The number of imide groups is 1. The van der Waals surface area contributed by atoms with Crippen LogP contribution < -0.4 is 10.1 Å². The highest BCUT2D eigenvalue weighted by Gasteiger charge is 2.32. The van der Waals surface area contributed by atoms with E-state index in [1.54, 1.807) is 0 Å². The highest BCUT2D eigenvalue weighted by Crippen LogP contribution is 2.35. The molecule has 1 atom stereocenters. The number of aromatic nitrogens is 2. The number of ether oxygens (including phenoxy) is 1. The van der Waals surface area contributed by atoms with E-state index in [2.05, 4.69) is 15.3 Å². The summed E-state index contributed by atoms with van der Waals surface area (Å²) in [6, 6.07) is 6.00. The smallest absolute Gasteiger partial charge is 0.235 e. The molecular formula is C28H40N4O3. The van der Waals surface area contributed by atoms with Gasteiger partial charge in [0.25, 0.3) is 0 Å². The fraction of sp³-hybridized carbons (Fsp3) is 0.679. The summed E-state index contributed by atoms with van der Waals surface area (Å²) in [7, 11) is 1.90. The topological polar surface area (TPSA) is 76.5 Å². The fourth-order valence-corrected chi connectivity index (χ4v) is 6.31. The standard InChI is InChI=1S/C28H40N4O3/c1-31-27-22(26(30-31)23-13-14-25(33)29-28(23)34)11-7-12-24(27)35-21-15-18-32(19-16-21)17-6-5-10-20-8-3-2-4-9-20/h7,11-12,20-21,23H,2-6,8-10,13-19H2,1H3,(H,29,33,34). The maximum Gasteiger partial charge on any atom is 0.235 e. The monoisotopic (exact) mass is 480 g/mol. The molecule has 1 aromatic heterocycles.